The van der Waals surface area contributed by atoms with Crippen LogP contribution >= 0.6 is 23.2 Å². The molecule has 1 saturated carbocycles. The smallest absolute Gasteiger partial charge is 0.335 e. The van der Waals surface area contributed by atoms with Crippen molar-refractivity contribution in [2.75, 3.05) is 16.9 Å². The molecule has 47 heavy (non-hydrogen) atoms. The number of aromatic hydroxyl groups is 1. The zero-order valence-corrected chi connectivity index (χ0v) is 26.0. The van der Waals surface area contributed by atoms with Crippen molar-refractivity contribution in [1.29, 1.82) is 0 Å². The average Bonchev–Trinajstić information content (AvgIpc) is 3.39. The maximum atomic E-state index is 14.5. The van der Waals surface area contributed by atoms with Crippen LogP contribution < -0.4 is 14.5 Å². The third-order valence-corrected chi connectivity index (χ3v) is 11.2. The Morgan fingerprint density at radius 1 is 0.915 bits per heavy atom. The van der Waals surface area contributed by atoms with Gasteiger partial charge < -0.3 is 14.9 Å². The van der Waals surface area contributed by atoms with Crippen molar-refractivity contribution in [2.45, 2.75) is 28.5 Å². The van der Waals surface area contributed by atoms with Gasteiger partial charge in [0.1, 0.15) is 17.3 Å². The third kappa shape index (κ3) is 4.19. The molecule has 0 radical (unpaired) electrons. The first-order valence-electron chi connectivity index (χ1n) is 14.6. The summed E-state index contributed by atoms with van der Waals surface area (Å²) in [6.45, 7) is 0. The van der Waals surface area contributed by atoms with Crippen molar-refractivity contribution in [3.05, 3.63) is 95.3 Å². The summed E-state index contributed by atoms with van der Waals surface area (Å²) in [5.74, 6) is -8.66. The number of carboxylic acids is 1. The maximum absolute atomic E-state index is 14.5. The number of phenols is 1. The SMILES string of the molecule is COc1cc(O)ccc1[C@H]1C2=CC[C@@H]3C(=O)N(c4cccc(C(=O)O)c4)C(=O)[C@@H]3[C@@H]2C[C@@]2(Cl)C(=O)N(c3ccc(F)cc3)C(=O)[C@@]12Cl. The zero-order chi connectivity index (χ0) is 33.6. The van der Waals surface area contributed by atoms with Crippen molar-refractivity contribution < 1.29 is 43.3 Å². The molecule has 2 N–H and O–H groups in total. The summed E-state index contributed by atoms with van der Waals surface area (Å²) in [6, 6.07) is 14.3. The number of imide groups is 2. The van der Waals surface area contributed by atoms with E-state index >= 15 is 0 Å². The molecule has 2 saturated heterocycles. The number of hydrogen-bond donors (Lipinski definition) is 2. The van der Waals surface area contributed by atoms with Crippen molar-refractivity contribution >= 4 is 64.2 Å². The van der Waals surface area contributed by atoms with E-state index in [9.17, 15) is 38.6 Å². The molecule has 3 aromatic carbocycles. The Bertz CT molecular complexity index is 1950. The predicted molar refractivity (Wildman–Crippen MR) is 167 cm³/mol. The Kier molecular flexibility index (Phi) is 7.00. The van der Waals surface area contributed by atoms with Gasteiger partial charge in [-0.1, -0.05) is 23.8 Å². The highest BCUT2D eigenvalue weighted by molar-refractivity contribution is 6.58. The molecule has 7 rings (SSSR count). The third-order valence-electron chi connectivity index (χ3n) is 9.78. The van der Waals surface area contributed by atoms with Gasteiger partial charge in [-0.3, -0.25) is 24.1 Å². The van der Waals surface area contributed by atoms with E-state index in [1.165, 1.54) is 61.7 Å². The number of nitrogens with zero attached hydrogens (tertiary/aromatic N) is 2. The first-order valence-corrected chi connectivity index (χ1v) is 15.4. The summed E-state index contributed by atoms with van der Waals surface area (Å²) < 4.78 is 19.4. The van der Waals surface area contributed by atoms with Crippen LogP contribution in [0.15, 0.2) is 78.4 Å². The molecule has 240 valence electrons. The number of amides is 4. The zero-order valence-electron chi connectivity index (χ0n) is 24.5. The van der Waals surface area contributed by atoms with Gasteiger partial charge in [-0.25, -0.2) is 14.1 Å². The molecular weight excluding hydrogens is 654 g/mol. The minimum atomic E-state index is -2.18. The summed E-state index contributed by atoms with van der Waals surface area (Å²) in [4.78, 5) is 65.9. The number of alkyl halides is 2. The van der Waals surface area contributed by atoms with E-state index in [-0.39, 0.29) is 41.3 Å². The number of carbonyl (C=O) groups excluding carboxylic acids is 4. The summed E-state index contributed by atoms with van der Waals surface area (Å²) in [5, 5.41) is 19.8. The lowest BCUT2D eigenvalue weighted by molar-refractivity contribution is -0.125. The molecule has 2 heterocycles. The van der Waals surface area contributed by atoms with E-state index < -0.39 is 68.8 Å². The second kappa shape index (κ2) is 10.6. The van der Waals surface area contributed by atoms with Crippen LogP contribution in [0.4, 0.5) is 15.8 Å². The number of halogens is 3. The Hall–Kier alpha value is -4.74. The number of rotatable bonds is 5. The Morgan fingerprint density at radius 2 is 1.64 bits per heavy atom. The van der Waals surface area contributed by atoms with Crippen molar-refractivity contribution in [1.82, 2.24) is 0 Å². The number of benzene rings is 3. The largest absolute Gasteiger partial charge is 0.508 e. The van der Waals surface area contributed by atoms with Gasteiger partial charge in [-0.05, 0) is 67.3 Å². The predicted octanol–water partition coefficient (Wildman–Crippen LogP) is 5.01. The lowest BCUT2D eigenvalue weighted by Gasteiger charge is -2.50. The summed E-state index contributed by atoms with van der Waals surface area (Å²) in [6.07, 6.45) is 1.52. The summed E-state index contributed by atoms with van der Waals surface area (Å²) in [7, 11) is 1.35. The maximum Gasteiger partial charge on any atom is 0.335 e. The number of fused-ring (bicyclic) bond motifs is 4. The van der Waals surface area contributed by atoms with E-state index in [1.54, 1.807) is 6.08 Å². The number of phenolic OH excluding ortho intramolecular Hbond substituents is 1. The number of ether oxygens (including phenoxy) is 1. The second-order valence-corrected chi connectivity index (χ2v) is 13.3. The van der Waals surface area contributed by atoms with Gasteiger partial charge in [0, 0.05) is 17.5 Å². The molecule has 13 heteroatoms. The fourth-order valence-electron chi connectivity index (χ4n) is 7.72. The Labute approximate surface area is 276 Å². The van der Waals surface area contributed by atoms with Crippen LogP contribution in [0.25, 0.3) is 0 Å². The number of hydrogen-bond acceptors (Lipinski definition) is 7. The highest BCUT2D eigenvalue weighted by atomic mass is 35.5. The van der Waals surface area contributed by atoms with Gasteiger partial charge in [-0.2, -0.15) is 0 Å². The quantitative estimate of drug-likeness (QED) is 0.218. The van der Waals surface area contributed by atoms with Gasteiger partial charge in [-0.15, -0.1) is 23.2 Å². The van der Waals surface area contributed by atoms with Crippen LogP contribution in [-0.2, 0) is 19.2 Å². The number of methoxy groups -OCH3 is 1. The van der Waals surface area contributed by atoms with Crippen LogP contribution in [-0.4, -0.2) is 56.7 Å². The van der Waals surface area contributed by atoms with Crippen molar-refractivity contribution in [3.63, 3.8) is 0 Å². The molecule has 2 aliphatic heterocycles. The van der Waals surface area contributed by atoms with Crippen LogP contribution in [0.5, 0.6) is 11.5 Å². The second-order valence-electron chi connectivity index (χ2n) is 12.0. The number of allylic oxidation sites excluding steroid dienone is 2. The fraction of sp³-hybridized carbons (Fsp3) is 0.265. The number of carboxylic acid groups (broad SMARTS) is 1. The van der Waals surface area contributed by atoms with Crippen LogP contribution in [0.3, 0.4) is 0 Å². The van der Waals surface area contributed by atoms with E-state index in [4.69, 9.17) is 27.9 Å². The summed E-state index contributed by atoms with van der Waals surface area (Å²) >= 11 is 14.7. The molecular formula is C34H25Cl2FN2O8. The molecule has 10 nitrogen and oxygen atoms in total. The van der Waals surface area contributed by atoms with E-state index in [0.717, 1.165) is 21.9 Å². The molecule has 2 aliphatic carbocycles. The molecule has 0 unspecified atom stereocenters. The topological polar surface area (TPSA) is 142 Å². The molecule has 4 amide bonds. The van der Waals surface area contributed by atoms with Crippen LogP contribution in [0.2, 0.25) is 0 Å². The Morgan fingerprint density at radius 3 is 2.32 bits per heavy atom. The minimum absolute atomic E-state index is 0.0405. The van der Waals surface area contributed by atoms with E-state index in [0.29, 0.717) is 11.1 Å². The Balaban J connectivity index is 1.40. The molecule has 0 spiro atoms. The number of anilines is 2. The monoisotopic (exact) mass is 678 g/mol. The minimum Gasteiger partial charge on any atom is -0.508 e. The number of carbonyl (C=O) groups is 5. The molecule has 0 bridgehead atoms. The average molecular weight is 679 g/mol. The van der Waals surface area contributed by atoms with Gasteiger partial charge in [0.15, 0.2) is 9.75 Å². The van der Waals surface area contributed by atoms with Gasteiger partial charge in [0.25, 0.3) is 11.8 Å². The normalized spacial score (nSPS) is 29.7. The molecule has 6 atom stereocenters. The lowest BCUT2D eigenvalue weighted by atomic mass is 9.56. The molecule has 3 fully saturated rings. The molecule has 4 aliphatic rings. The van der Waals surface area contributed by atoms with Gasteiger partial charge >= 0.3 is 5.97 Å². The molecule has 3 aromatic rings. The van der Waals surface area contributed by atoms with E-state index in [2.05, 4.69) is 0 Å². The van der Waals surface area contributed by atoms with Crippen LogP contribution in [0, 0.1) is 23.6 Å². The first-order chi connectivity index (χ1) is 22.3. The van der Waals surface area contributed by atoms with E-state index in [1.807, 2.05) is 0 Å². The fourth-order valence-corrected chi connectivity index (χ4v) is 8.64. The van der Waals surface area contributed by atoms with Crippen LogP contribution in [0.1, 0.15) is 34.7 Å². The standard InChI is InChI=1S/C34H25Cl2FN2O8/c1-47-25-14-20(40)9-10-22(25)27-21-11-12-23-26(29(42)38(28(23)41)19-4-2-3-16(13-19)30(43)44)24(21)15-33(35)31(45)39(32(46)34(27,33)36)18-7-5-17(37)6-8-18/h2-11,13-14,23-24,26-27,40H,12,15H2,1H3,(H,43,44)/t23-,24+,26-,27+,33+,34-/m0/s1. The highest BCUT2D eigenvalue weighted by Crippen LogP contribution is 2.66. The lowest BCUT2D eigenvalue weighted by Crippen LogP contribution is -2.60. The van der Waals surface area contributed by atoms with Gasteiger partial charge in [0.05, 0.1) is 35.9 Å². The first kappa shape index (κ1) is 30.9. The van der Waals surface area contributed by atoms with Crippen molar-refractivity contribution in [3.8, 4) is 11.5 Å². The van der Waals surface area contributed by atoms with Gasteiger partial charge in [0.2, 0.25) is 11.8 Å². The number of aromatic carboxylic acids is 1. The highest BCUT2D eigenvalue weighted by Gasteiger charge is 2.77. The molecule has 0 aromatic heterocycles. The summed E-state index contributed by atoms with van der Waals surface area (Å²) in [5.41, 5.74) is 0.816. The van der Waals surface area contributed by atoms with Crippen molar-refractivity contribution in [2.24, 2.45) is 17.8 Å².